The number of aliphatic hydroxyl groups is 1. The van der Waals surface area contributed by atoms with Crippen LogP contribution in [0.15, 0.2) is 24.3 Å². The van der Waals surface area contributed by atoms with Crippen LogP contribution >= 0.6 is 0 Å². The molecule has 0 radical (unpaired) electrons. The van der Waals surface area contributed by atoms with Crippen LogP contribution in [0.25, 0.3) is 10.9 Å². The summed E-state index contributed by atoms with van der Waals surface area (Å²) in [6.07, 6.45) is -5.28. The van der Waals surface area contributed by atoms with Crippen molar-refractivity contribution in [2.45, 2.75) is 18.2 Å². The molecule has 2 heterocycles. The monoisotopic (exact) mass is 299 g/mol. The van der Waals surface area contributed by atoms with Gasteiger partial charge < -0.3 is 10.0 Å². The number of carbonyl (C=O) groups is 1. The van der Waals surface area contributed by atoms with E-state index in [9.17, 15) is 23.1 Å². The number of β-amino-alcohol motifs (C(OH)–C–C–N with tert-alkyl or cyclic N) is 1. The number of benzene rings is 1. The van der Waals surface area contributed by atoms with Crippen LogP contribution in [0.5, 0.6) is 0 Å². The van der Waals surface area contributed by atoms with Gasteiger partial charge in [-0.15, -0.1) is 0 Å². The lowest BCUT2D eigenvalue weighted by atomic mass is 10.0. The Morgan fingerprint density at radius 1 is 1.38 bits per heavy atom. The Hall–Kier alpha value is -2.09. The highest BCUT2D eigenvalue weighted by atomic mass is 19.4. The molecule has 8 heteroatoms. The van der Waals surface area contributed by atoms with E-state index in [1.54, 1.807) is 24.3 Å². The Balaban J connectivity index is 1.88. The second-order valence-electron chi connectivity index (χ2n) is 5.12. The number of likely N-dealkylation sites (tertiary alicyclic amines) is 1. The third kappa shape index (κ3) is 2.15. The molecule has 3 rings (SSSR count). The molecule has 1 saturated heterocycles. The Morgan fingerprint density at radius 2 is 2.10 bits per heavy atom. The molecule has 21 heavy (non-hydrogen) atoms. The number of aromatic nitrogens is 2. The molecule has 1 atom stereocenters. The van der Waals surface area contributed by atoms with Gasteiger partial charge in [-0.05, 0) is 6.07 Å². The van der Waals surface area contributed by atoms with E-state index >= 15 is 0 Å². The molecule has 2 aromatic rings. The van der Waals surface area contributed by atoms with Crippen molar-refractivity contribution in [3.63, 3.8) is 0 Å². The van der Waals surface area contributed by atoms with Gasteiger partial charge >= 0.3 is 6.18 Å². The SMILES string of the molecule is O=C(c1n[nH]c2ccccc12)N1CC[C@](O)(C(F)(F)F)C1. The molecule has 1 aliphatic rings. The van der Waals surface area contributed by atoms with Crippen LogP contribution in [0, 0.1) is 0 Å². The fraction of sp³-hybridized carbons (Fsp3) is 0.385. The second-order valence-corrected chi connectivity index (χ2v) is 5.12. The number of rotatable bonds is 1. The normalized spacial score (nSPS) is 23.0. The van der Waals surface area contributed by atoms with E-state index in [1.807, 2.05) is 0 Å². The van der Waals surface area contributed by atoms with Gasteiger partial charge in [-0.3, -0.25) is 9.89 Å². The Bertz CT molecular complexity index is 697. The molecule has 0 bridgehead atoms. The number of H-pyrrole nitrogens is 1. The number of nitrogens with zero attached hydrogens (tertiary/aromatic N) is 2. The molecule has 0 spiro atoms. The van der Waals surface area contributed by atoms with Crippen molar-refractivity contribution >= 4 is 16.8 Å². The van der Waals surface area contributed by atoms with Gasteiger partial charge in [0.05, 0.1) is 12.1 Å². The molecule has 1 aliphatic heterocycles. The summed E-state index contributed by atoms with van der Waals surface area (Å²) in [5.41, 5.74) is -2.14. The molecule has 1 aromatic heterocycles. The molecular weight excluding hydrogens is 287 g/mol. The number of halogens is 3. The van der Waals surface area contributed by atoms with Crippen LogP contribution in [-0.4, -0.2) is 51.0 Å². The van der Waals surface area contributed by atoms with Crippen LogP contribution < -0.4 is 0 Å². The molecule has 1 aromatic carbocycles. The van der Waals surface area contributed by atoms with Gasteiger partial charge in [-0.25, -0.2) is 0 Å². The Labute approximate surface area is 117 Å². The first kappa shape index (κ1) is 13.9. The fourth-order valence-electron chi connectivity index (χ4n) is 2.47. The molecule has 112 valence electrons. The number of aromatic amines is 1. The van der Waals surface area contributed by atoms with Gasteiger partial charge in [0.15, 0.2) is 11.3 Å². The van der Waals surface area contributed by atoms with E-state index in [-0.39, 0.29) is 12.2 Å². The van der Waals surface area contributed by atoms with Crippen LogP contribution in [0.1, 0.15) is 16.9 Å². The largest absolute Gasteiger partial charge is 0.419 e. The van der Waals surface area contributed by atoms with Crippen LogP contribution in [-0.2, 0) is 0 Å². The number of fused-ring (bicyclic) bond motifs is 1. The summed E-state index contributed by atoms with van der Waals surface area (Å²) in [6, 6.07) is 6.85. The zero-order valence-corrected chi connectivity index (χ0v) is 10.8. The predicted molar refractivity (Wildman–Crippen MR) is 67.6 cm³/mol. The highest BCUT2D eigenvalue weighted by Crippen LogP contribution is 2.38. The second kappa shape index (κ2) is 4.45. The minimum absolute atomic E-state index is 0.0667. The Morgan fingerprint density at radius 3 is 2.76 bits per heavy atom. The van der Waals surface area contributed by atoms with Crippen molar-refractivity contribution in [2.24, 2.45) is 0 Å². The van der Waals surface area contributed by atoms with Crippen molar-refractivity contribution in [3.05, 3.63) is 30.0 Å². The minimum Gasteiger partial charge on any atom is -0.379 e. The minimum atomic E-state index is -4.75. The summed E-state index contributed by atoms with van der Waals surface area (Å²) < 4.78 is 38.3. The average molecular weight is 299 g/mol. The van der Waals surface area contributed by atoms with Crippen molar-refractivity contribution in [1.29, 1.82) is 0 Å². The van der Waals surface area contributed by atoms with Gasteiger partial charge in [0.25, 0.3) is 5.91 Å². The maximum atomic E-state index is 12.8. The van der Waals surface area contributed by atoms with E-state index in [1.165, 1.54) is 0 Å². The molecule has 0 aliphatic carbocycles. The topological polar surface area (TPSA) is 69.2 Å². The van der Waals surface area contributed by atoms with Crippen LogP contribution in [0.2, 0.25) is 0 Å². The lowest BCUT2D eigenvalue weighted by molar-refractivity contribution is -0.253. The third-order valence-corrected chi connectivity index (χ3v) is 3.74. The quantitative estimate of drug-likeness (QED) is 0.842. The van der Waals surface area contributed by atoms with E-state index in [4.69, 9.17) is 0 Å². The summed E-state index contributed by atoms with van der Waals surface area (Å²) >= 11 is 0. The summed E-state index contributed by atoms with van der Waals surface area (Å²) in [7, 11) is 0. The lowest BCUT2D eigenvalue weighted by Crippen LogP contribution is -2.48. The number of hydrogen-bond acceptors (Lipinski definition) is 3. The highest BCUT2D eigenvalue weighted by Gasteiger charge is 2.58. The van der Waals surface area contributed by atoms with E-state index in [0.717, 1.165) is 4.90 Å². The van der Waals surface area contributed by atoms with E-state index in [2.05, 4.69) is 10.2 Å². The fourth-order valence-corrected chi connectivity index (χ4v) is 2.47. The van der Waals surface area contributed by atoms with Crippen LogP contribution in [0.4, 0.5) is 13.2 Å². The summed E-state index contributed by atoms with van der Waals surface area (Å²) in [5.74, 6) is -0.618. The van der Waals surface area contributed by atoms with E-state index in [0.29, 0.717) is 10.9 Å². The molecule has 2 N–H and O–H groups in total. The van der Waals surface area contributed by atoms with Crippen molar-refractivity contribution < 1.29 is 23.1 Å². The zero-order chi connectivity index (χ0) is 15.3. The standard InChI is InChI=1S/C13H12F3N3O2/c14-13(15,16)12(21)5-6-19(7-12)11(20)10-8-3-1-2-4-9(8)17-18-10/h1-4,21H,5-7H2,(H,17,18)/t12-/m1/s1. The van der Waals surface area contributed by atoms with E-state index < -0.39 is 30.7 Å². The number of hydrogen-bond donors (Lipinski definition) is 2. The smallest absolute Gasteiger partial charge is 0.379 e. The first-order valence-corrected chi connectivity index (χ1v) is 6.33. The van der Waals surface area contributed by atoms with Crippen molar-refractivity contribution in [2.75, 3.05) is 13.1 Å². The maximum absolute atomic E-state index is 12.8. The molecule has 1 amide bonds. The molecule has 1 fully saturated rings. The van der Waals surface area contributed by atoms with Gasteiger partial charge in [0.1, 0.15) is 0 Å². The van der Waals surface area contributed by atoms with Gasteiger partial charge in [0, 0.05) is 18.4 Å². The number of para-hydroxylation sites is 1. The third-order valence-electron chi connectivity index (χ3n) is 3.74. The predicted octanol–water partition coefficient (Wildman–Crippen LogP) is 1.70. The number of carbonyl (C=O) groups excluding carboxylic acids is 1. The van der Waals surface area contributed by atoms with Crippen LogP contribution in [0.3, 0.4) is 0 Å². The molecule has 5 nitrogen and oxygen atoms in total. The first-order chi connectivity index (χ1) is 9.82. The van der Waals surface area contributed by atoms with Crippen molar-refractivity contribution in [3.8, 4) is 0 Å². The van der Waals surface area contributed by atoms with Gasteiger partial charge in [-0.1, -0.05) is 18.2 Å². The highest BCUT2D eigenvalue weighted by molar-refractivity contribution is 6.04. The van der Waals surface area contributed by atoms with Gasteiger partial charge in [0.2, 0.25) is 0 Å². The average Bonchev–Trinajstić information content (AvgIpc) is 3.02. The summed E-state index contributed by atoms with van der Waals surface area (Å²) in [6.45, 7) is -0.924. The number of amides is 1. The number of alkyl halides is 3. The zero-order valence-electron chi connectivity index (χ0n) is 10.8. The molecule has 0 saturated carbocycles. The van der Waals surface area contributed by atoms with Crippen molar-refractivity contribution in [1.82, 2.24) is 15.1 Å². The summed E-state index contributed by atoms with van der Waals surface area (Å²) in [4.78, 5) is 13.3. The summed E-state index contributed by atoms with van der Waals surface area (Å²) in [5, 5.41) is 16.7. The first-order valence-electron chi connectivity index (χ1n) is 6.33. The molecule has 0 unspecified atom stereocenters. The number of nitrogens with one attached hydrogen (secondary N) is 1. The Kier molecular flexibility index (Phi) is 2.94. The maximum Gasteiger partial charge on any atom is 0.419 e. The van der Waals surface area contributed by atoms with Gasteiger partial charge in [-0.2, -0.15) is 18.3 Å². The molecular formula is C13H12F3N3O2. The lowest BCUT2D eigenvalue weighted by Gasteiger charge is -2.25.